The predicted octanol–water partition coefficient (Wildman–Crippen LogP) is -0.313. The molecule has 0 aliphatic rings. The van der Waals surface area contributed by atoms with Gasteiger partial charge in [0.25, 0.3) is 20.3 Å². The Morgan fingerprint density at radius 3 is 2.68 bits per heavy atom. The number of hydrazine groups is 1. The summed E-state index contributed by atoms with van der Waals surface area (Å²) < 4.78 is 26.3. The summed E-state index contributed by atoms with van der Waals surface area (Å²) in [6.45, 7) is 1.20. The zero-order valence-corrected chi connectivity index (χ0v) is 14.3. The number of rotatable bonds is 4. The molecule has 25 heavy (non-hydrogen) atoms. The van der Waals surface area contributed by atoms with Crippen LogP contribution in [0.25, 0.3) is 11.0 Å². The van der Waals surface area contributed by atoms with Gasteiger partial charge >= 0.3 is 0 Å². The number of nitrogens with one attached hydrogen (secondary N) is 2. The van der Waals surface area contributed by atoms with E-state index >= 15 is 0 Å². The number of fused-ring (bicyclic) bond motifs is 1. The molecule has 0 saturated heterocycles. The number of hydrogen-bond acceptors (Lipinski definition) is 9. The third kappa shape index (κ3) is 2.84. The van der Waals surface area contributed by atoms with E-state index in [1.165, 1.54) is 30.6 Å². The van der Waals surface area contributed by atoms with E-state index in [0.29, 0.717) is 0 Å². The number of anilines is 1. The Bertz CT molecular complexity index is 1070. The highest BCUT2D eigenvalue weighted by atomic mass is 32.2. The van der Waals surface area contributed by atoms with E-state index in [2.05, 4.69) is 20.5 Å². The molecular weight excluding hydrogens is 370 g/mol. The van der Waals surface area contributed by atoms with Crippen LogP contribution < -0.4 is 16.6 Å². The first kappa shape index (κ1) is 16.9. The smallest absolute Gasteiger partial charge is 0.295 e. The molecule has 1 aromatic carbocycles. The molecule has 3 aromatic rings. The average molecular weight is 381 g/mol. The maximum absolute atomic E-state index is 12.9. The molecule has 0 aliphatic carbocycles. The van der Waals surface area contributed by atoms with Crippen LogP contribution in [0.1, 0.15) is 17.3 Å². The number of carbonyl (C=O) groups is 2. The summed E-state index contributed by atoms with van der Waals surface area (Å²) in [6.07, 6.45) is 0. The van der Waals surface area contributed by atoms with Crippen LogP contribution in [-0.2, 0) is 14.8 Å². The van der Waals surface area contributed by atoms with E-state index in [1.807, 2.05) is 5.43 Å². The van der Waals surface area contributed by atoms with Crippen molar-refractivity contribution in [2.75, 3.05) is 5.32 Å². The second-order valence-electron chi connectivity index (χ2n) is 4.74. The van der Waals surface area contributed by atoms with Gasteiger partial charge in [-0.2, -0.15) is 12.4 Å². The number of benzene rings is 1. The number of para-hydroxylation sites is 1. The standard InChI is InChI=1S/C12H11N7O4S2/c1-6(20)15-11-16-9-7(10(21)17-13)3-2-4-8(9)19(11)25(22,23)12-18-14-5-24-12/h2-5H,13H2,1H3,(H,17,21)(H,15,16,20). The van der Waals surface area contributed by atoms with Gasteiger partial charge in [0.15, 0.2) is 0 Å². The molecule has 0 saturated carbocycles. The lowest BCUT2D eigenvalue weighted by Crippen LogP contribution is -2.30. The van der Waals surface area contributed by atoms with Crippen LogP contribution in [0.2, 0.25) is 0 Å². The van der Waals surface area contributed by atoms with E-state index in [9.17, 15) is 18.0 Å². The number of imidazole rings is 1. The second kappa shape index (κ2) is 6.19. The van der Waals surface area contributed by atoms with E-state index in [4.69, 9.17) is 5.84 Å². The molecule has 2 aromatic heterocycles. The third-order valence-corrected chi connectivity index (χ3v) is 5.89. The normalized spacial score (nSPS) is 11.4. The Labute approximate surface area is 144 Å². The lowest BCUT2D eigenvalue weighted by Gasteiger charge is -2.07. The summed E-state index contributed by atoms with van der Waals surface area (Å²) in [6, 6.07) is 4.34. The first-order valence-electron chi connectivity index (χ1n) is 6.68. The highest BCUT2D eigenvalue weighted by Gasteiger charge is 2.29. The number of aromatic nitrogens is 4. The van der Waals surface area contributed by atoms with Crippen LogP contribution in [0.4, 0.5) is 5.95 Å². The minimum Gasteiger partial charge on any atom is -0.295 e. The van der Waals surface area contributed by atoms with Crippen molar-refractivity contribution in [3.8, 4) is 0 Å². The van der Waals surface area contributed by atoms with E-state index in [-0.39, 0.29) is 26.9 Å². The van der Waals surface area contributed by atoms with Crippen molar-refractivity contribution in [3.05, 3.63) is 29.3 Å². The molecule has 2 amide bonds. The van der Waals surface area contributed by atoms with Crippen LogP contribution in [0.5, 0.6) is 0 Å². The Morgan fingerprint density at radius 1 is 1.32 bits per heavy atom. The molecule has 3 rings (SSSR count). The molecule has 0 fully saturated rings. The fourth-order valence-corrected chi connectivity index (χ4v) is 4.32. The van der Waals surface area contributed by atoms with Crippen LogP contribution in [0.3, 0.4) is 0 Å². The van der Waals surface area contributed by atoms with Gasteiger partial charge in [-0.05, 0) is 12.1 Å². The lowest BCUT2D eigenvalue weighted by atomic mass is 10.2. The Kier molecular flexibility index (Phi) is 4.20. The van der Waals surface area contributed by atoms with Crippen molar-refractivity contribution in [1.82, 2.24) is 24.6 Å². The first-order valence-corrected chi connectivity index (χ1v) is 9.00. The molecule has 2 heterocycles. The van der Waals surface area contributed by atoms with Crippen molar-refractivity contribution in [2.24, 2.45) is 5.84 Å². The summed E-state index contributed by atoms with van der Waals surface area (Å²) in [5, 5.41) is 9.42. The zero-order valence-electron chi connectivity index (χ0n) is 12.6. The van der Waals surface area contributed by atoms with Crippen molar-refractivity contribution in [2.45, 2.75) is 11.3 Å². The summed E-state index contributed by atoms with van der Waals surface area (Å²) >= 11 is 0.808. The van der Waals surface area contributed by atoms with Gasteiger partial charge in [-0.25, -0.2) is 10.8 Å². The SMILES string of the molecule is CC(=O)Nc1nc2c(C(=O)NN)cccc2n1S(=O)(=O)c1nncs1. The Morgan fingerprint density at radius 2 is 2.08 bits per heavy atom. The number of amides is 2. The Balaban J connectivity index is 2.36. The van der Waals surface area contributed by atoms with Crippen LogP contribution in [-0.4, -0.2) is 39.4 Å². The molecule has 130 valence electrons. The molecule has 0 unspecified atom stereocenters. The van der Waals surface area contributed by atoms with Crippen molar-refractivity contribution >= 4 is 50.2 Å². The molecule has 0 bridgehead atoms. The van der Waals surface area contributed by atoms with Crippen molar-refractivity contribution < 1.29 is 18.0 Å². The summed E-state index contributed by atoms with van der Waals surface area (Å²) in [4.78, 5) is 27.4. The number of hydrogen-bond donors (Lipinski definition) is 3. The molecule has 0 spiro atoms. The minimum atomic E-state index is -4.18. The monoisotopic (exact) mass is 381 g/mol. The fourth-order valence-electron chi connectivity index (χ4n) is 2.17. The highest BCUT2D eigenvalue weighted by molar-refractivity contribution is 7.92. The van der Waals surface area contributed by atoms with E-state index < -0.39 is 21.8 Å². The van der Waals surface area contributed by atoms with E-state index in [1.54, 1.807) is 0 Å². The molecular formula is C12H11N7O4S2. The number of nitrogens with two attached hydrogens (primary N) is 1. The molecule has 0 atom stereocenters. The van der Waals surface area contributed by atoms with Gasteiger partial charge in [-0.1, -0.05) is 17.4 Å². The maximum Gasteiger partial charge on any atom is 0.300 e. The summed E-state index contributed by atoms with van der Waals surface area (Å²) in [7, 11) is -4.18. The van der Waals surface area contributed by atoms with Crippen molar-refractivity contribution in [3.63, 3.8) is 0 Å². The van der Waals surface area contributed by atoms with Crippen LogP contribution >= 0.6 is 11.3 Å². The Hall–Kier alpha value is -2.90. The zero-order chi connectivity index (χ0) is 18.2. The third-order valence-electron chi connectivity index (χ3n) is 3.11. The van der Waals surface area contributed by atoms with Gasteiger partial charge in [-0.3, -0.25) is 20.3 Å². The molecule has 0 aliphatic heterocycles. The van der Waals surface area contributed by atoms with Crippen molar-refractivity contribution in [1.29, 1.82) is 0 Å². The lowest BCUT2D eigenvalue weighted by molar-refractivity contribution is -0.114. The van der Waals surface area contributed by atoms with E-state index in [0.717, 1.165) is 15.3 Å². The van der Waals surface area contributed by atoms with Gasteiger partial charge in [0.05, 0.1) is 11.1 Å². The van der Waals surface area contributed by atoms with Gasteiger partial charge < -0.3 is 0 Å². The number of carbonyl (C=O) groups excluding carboxylic acids is 2. The molecule has 11 nitrogen and oxygen atoms in total. The largest absolute Gasteiger partial charge is 0.300 e. The van der Waals surface area contributed by atoms with Crippen LogP contribution in [0, 0.1) is 0 Å². The molecule has 13 heteroatoms. The second-order valence-corrected chi connectivity index (χ2v) is 7.53. The van der Waals surface area contributed by atoms with Crippen LogP contribution in [0.15, 0.2) is 28.0 Å². The topological polar surface area (TPSA) is 162 Å². The minimum absolute atomic E-state index is 0.0535. The summed E-state index contributed by atoms with van der Waals surface area (Å²) in [5.74, 6) is 3.69. The molecule has 4 N–H and O–H groups in total. The first-order chi connectivity index (χ1) is 11.9. The number of nitrogen functional groups attached to an aromatic ring is 1. The summed E-state index contributed by atoms with van der Waals surface area (Å²) in [5.41, 5.74) is 3.42. The van der Waals surface area contributed by atoms with Gasteiger partial charge in [-0.15, -0.1) is 10.2 Å². The molecule has 0 radical (unpaired) electrons. The quantitative estimate of drug-likeness (QED) is 0.315. The average Bonchev–Trinajstić information content (AvgIpc) is 3.20. The maximum atomic E-state index is 12.9. The number of nitrogens with zero attached hydrogens (tertiary/aromatic N) is 4. The predicted molar refractivity (Wildman–Crippen MR) is 88.2 cm³/mol. The highest BCUT2D eigenvalue weighted by Crippen LogP contribution is 2.28. The van der Waals surface area contributed by atoms with Gasteiger partial charge in [0.1, 0.15) is 11.0 Å². The van der Waals surface area contributed by atoms with Gasteiger partial charge in [0.2, 0.25) is 11.9 Å². The van der Waals surface area contributed by atoms with Gasteiger partial charge in [0, 0.05) is 6.92 Å². The fraction of sp³-hybridized carbons (Fsp3) is 0.0833.